The number of rotatable bonds is 4. The van der Waals surface area contributed by atoms with Gasteiger partial charge in [-0.3, -0.25) is 9.59 Å². The summed E-state index contributed by atoms with van der Waals surface area (Å²) < 4.78 is 11.0. The van der Waals surface area contributed by atoms with E-state index < -0.39 is 11.9 Å². The predicted molar refractivity (Wildman–Crippen MR) is 82.5 cm³/mol. The van der Waals surface area contributed by atoms with Gasteiger partial charge in [0.25, 0.3) is 0 Å². The highest BCUT2D eigenvalue weighted by molar-refractivity contribution is 5.81. The Kier molecular flexibility index (Phi) is 4.41. The van der Waals surface area contributed by atoms with E-state index in [-0.39, 0.29) is 17.9 Å². The zero-order valence-corrected chi connectivity index (χ0v) is 13.1. The minimum atomic E-state index is -0.805. The molecule has 1 aromatic rings. The number of hydrogen-bond acceptors (Lipinski definition) is 4. The van der Waals surface area contributed by atoms with Crippen LogP contribution in [0.5, 0.6) is 11.5 Å². The maximum atomic E-state index is 12.3. The van der Waals surface area contributed by atoms with Crippen LogP contribution in [-0.2, 0) is 9.59 Å². The molecular formula is C17H21NO5. The fourth-order valence-electron chi connectivity index (χ4n) is 3.19. The minimum Gasteiger partial charge on any atom is -0.486 e. The molecule has 6 nitrogen and oxygen atoms in total. The number of carboxylic acid groups (broad SMARTS) is 1. The van der Waals surface area contributed by atoms with Crippen LogP contribution in [0.3, 0.4) is 0 Å². The quantitative estimate of drug-likeness (QED) is 0.888. The predicted octanol–water partition coefficient (Wildman–Crippen LogP) is 2.14. The largest absolute Gasteiger partial charge is 0.486 e. The molecule has 0 spiro atoms. The van der Waals surface area contributed by atoms with Crippen LogP contribution in [0.15, 0.2) is 18.2 Å². The second-order valence-corrected chi connectivity index (χ2v) is 6.18. The lowest BCUT2D eigenvalue weighted by Gasteiger charge is -2.22. The summed E-state index contributed by atoms with van der Waals surface area (Å²) in [6.45, 7) is 2.98. The number of benzene rings is 1. The summed E-state index contributed by atoms with van der Waals surface area (Å²) in [4.78, 5) is 23.3. The summed E-state index contributed by atoms with van der Waals surface area (Å²) in [5.74, 6) is -0.0669. The highest BCUT2D eigenvalue weighted by atomic mass is 16.6. The van der Waals surface area contributed by atoms with Gasteiger partial charge in [-0.25, -0.2) is 0 Å². The summed E-state index contributed by atoms with van der Waals surface area (Å²) in [6.07, 6.45) is 1.64. The lowest BCUT2D eigenvalue weighted by Crippen LogP contribution is -2.32. The lowest BCUT2D eigenvalue weighted by molar-refractivity contribution is -0.141. The van der Waals surface area contributed by atoms with Crippen molar-refractivity contribution < 1.29 is 24.2 Å². The number of carbonyl (C=O) groups excluding carboxylic acids is 1. The van der Waals surface area contributed by atoms with Gasteiger partial charge in [0.1, 0.15) is 13.2 Å². The first-order valence-corrected chi connectivity index (χ1v) is 7.97. The molecule has 124 valence electrons. The van der Waals surface area contributed by atoms with E-state index in [2.05, 4.69) is 5.32 Å². The number of ether oxygens (including phenoxy) is 2. The van der Waals surface area contributed by atoms with Crippen molar-refractivity contribution in [2.24, 2.45) is 11.8 Å². The molecule has 1 aliphatic carbocycles. The Hall–Kier alpha value is -2.24. The van der Waals surface area contributed by atoms with Gasteiger partial charge in [0.15, 0.2) is 11.5 Å². The molecule has 0 radical (unpaired) electrons. The number of carbonyl (C=O) groups is 2. The molecule has 2 N–H and O–H groups in total. The number of carboxylic acids is 1. The van der Waals surface area contributed by atoms with Crippen LogP contribution in [0.2, 0.25) is 0 Å². The Bertz CT molecular complexity index is 615. The molecule has 6 heteroatoms. The van der Waals surface area contributed by atoms with Crippen molar-refractivity contribution in [3.8, 4) is 11.5 Å². The molecule has 1 amide bonds. The second kappa shape index (κ2) is 6.48. The van der Waals surface area contributed by atoms with Gasteiger partial charge in [0.05, 0.1) is 12.0 Å². The van der Waals surface area contributed by atoms with Gasteiger partial charge >= 0.3 is 5.97 Å². The molecule has 3 rings (SSSR count). The molecule has 1 saturated carbocycles. The van der Waals surface area contributed by atoms with E-state index in [1.165, 1.54) is 0 Å². The molecule has 0 bridgehead atoms. The molecule has 3 atom stereocenters. The standard InChI is InChI=1S/C17H21NO5/c1-10(11-4-5-14-15(9-11)23-7-6-22-14)18-16(19)12-2-3-13(8-12)17(20)21/h4-5,9-10,12-13H,2-3,6-8H2,1H3,(H,18,19)(H,20,21)/t10?,12-,13+/m1/s1. The molecule has 1 unspecified atom stereocenters. The van der Waals surface area contributed by atoms with Crippen LogP contribution in [-0.4, -0.2) is 30.2 Å². The van der Waals surface area contributed by atoms with Gasteiger partial charge in [0, 0.05) is 5.92 Å². The van der Waals surface area contributed by atoms with E-state index in [0.717, 1.165) is 11.3 Å². The van der Waals surface area contributed by atoms with Crippen molar-refractivity contribution in [1.29, 1.82) is 0 Å². The van der Waals surface area contributed by atoms with Crippen LogP contribution in [0, 0.1) is 11.8 Å². The van der Waals surface area contributed by atoms with Crippen molar-refractivity contribution >= 4 is 11.9 Å². The third-order valence-corrected chi connectivity index (χ3v) is 4.58. The maximum absolute atomic E-state index is 12.3. The Morgan fingerprint density at radius 2 is 1.87 bits per heavy atom. The number of aliphatic carboxylic acids is 1. The first kappa shape index (κ1) is 15.6. The average molecular weight is 319 g/mol. The van der Waals surface area contributed by atoms with E-state index in [9.17, 15) is 9.59 Å². The van der Waals surface area contributed by atoms with Crippen LogP contribution < -0.4 is 14.8 Å². The Balaban J connectivity index is 1.61. The van der Waals surface area contributed by atoms with Gasteiger partial charge < -0.3 is 19.9 Å². The van der Waals surface area contributed by atoms with Gasteiger partial charge in [-0.05, 0) is 43.9 Å². The third kappa shape index (κ3) is 3.41. The topological polar surface area (TPSA) is 84.9 Å². The van der Waals surface area contributed by atoms with Crippen molar-refractivity contribution in [3.63, 3.8) is 0 Å². The molecule has 1 aliphatic heterocycles. The fraction of sp³-hybridized carbons (Fsp3) is 0.529. The monoisotopic (exact) mass is 319 g/mol. The van der Waals surface area contributed by atoms with Gasteiger partial charge in [-0.1, -0.05) is 6.07 Å². The van der Waals surface area contributed by atoms with E-state index in [1.54, 1.807) is 0 Å². The first-order valence-electron chi connectivity index (χ1n) is 7.97. The van der Waals surface area contributed by atoms with Crippen LogP contribution >= 0.6 is 0 Å². The fourth-order valence-corrected chi connectivity index (χ4v) is 3.19. The van der Waals surface area contributed by atoms with Crippen molar-refractivity contribution in [2.75, 3.05) is 13.2 Å². The van der Waals surface area contributed by atoms with Crippen LogP contribution in [0.4, 0.5) is 0 Å². The van der Waals surface area contributed by atoms with E-state index in [4.69, 9.17) is 14.6 Å². The van der Waals surface area contributed by atoms with Crippen molar-refractivity contribution in [1.82, 2.24) is 5.32 Å². The molecule has 0 saturated heterocycles. The SMILES string of the molecule is CC(NC(=O)[C@@H]1CC[C@H](C(=O)O)C1)c1ccc2c(c1)OCCO2. The highest BCUT2D eigenvalue weighted by Gasteiger charge is 2.34. The summed E-state index contributed by atoms with van der Waals surface area (Å²) >= 11 is 0. The molecule has 23 heavy (non-hydrogen) atoms. The number of hydrogen-bond donors (Lipinski definition) is 2. The zero-order valence-electron chi connectivity index (χ0n) is 13.1. The Labute approximate surface area is 134 Å². The van der Waals surface area contributed by atoms with E-state index in [0.29, 0.717) is 38.2 Å². The molecule has 0 aromatic heterocycles. The second-order valence-electron chi connectivity index (χ2n) is 6.18. The molecule has 1 aromatic carbocycles. The summed E-state index contributed by atoms with van der Waals surface area (Å²) in [7, 11) is 0. The minimum absolute atomic E-state index is 0.0730. The average Bonchev–Trinajstić information content (AvgIpc) is 3.04. The van der Waals surface area contributed by atoms with Crippen molar-refractivity contribution in [3.05, 3.63) is 23.8 Å². The molecular weight excluding hydrogens is 298 g/mol. The smallest absolute Gasteiger partial charge is 0.306 e. The number of nitrogens with one attached hydrogen (secondary N) is 1. The molecule has 2 aliphatic rings. The molecule has 1 heterocycles. The molecule has 1 fully saturated rings. The van der Waals surface area contributed by atoms with Gasteiger partial charge in [-0.2, -0.15) is 0 Å². The summed E-state index contributed by atoms with van der Waals surface area (Å²) in [5, 5.41) is 12.0. The Morgan fingerprint density at radius 1 is 1.17 bits per heavy atom. The van der Waals surface area contributed by atoms with Crippen molar-refractivity contribution in [2.45, 2.75) is 32.2 Å². The summed E-state index contributed by atoms with van der Waals surface area (Å²) in [5.41, 5.74) is 0.940. The maximum Gasteiger partial charge on any atom is 0.306 e. The van der Waals surface area contributed by atoms with Gasteiger partial charge in [0.2, 0.25) is 5.91 Å². The van der Waals surface area contributed by atoms with Crippen LogP contribution in [0.1, 0.15) is 37.8 Å². The van der Waals surface area contributed by atoms with E-state index in [1.807, 2.05) is 25.1 Å². The normalized spacial score (nSPS) is 24.0. The summed E-state index contributed by atoms with van der Waals surface area (Å²) in [6, 6.07) is 5.48. The third-order valence-electron chi connectivity index (χ3n) is 4.58. The van der Waals surface area contributed by atoms with Gasteiger partial charge in [-0.15, -0.1) is 0 Å². The first-order chi connectivity index (χ1) is 11.0. The highest BCUT2D eigenvalue weighted by Crippen LogP contribution is 2.34. The lowest BCUT2D eigenvalue weighted by atomic mass is 10.0. The zero-order chi connectivity index (χ0) is 16.4. The number of amides is 1. The number of fused-ring (bicyclic) bond motifs is 1. The Morgan fingerprint density at radius 3 is 2.57 bits per heavy atom. The van der Waals surface area contributed by atoms with Crippen LogP contribution in [0.25, 0.3) is 0 Å². The van der Waals surface area contributed by atoms with E-state index >= 15 is 0 Å².